The van der Waals surface area contributed by atoms with Crippen LogP contribution in [0.15, 0.2) is 71.5 Å². The first kappa shape index (κ1) is 21.0. The fourth-order valence-electron chi connectivity index (χ4n) is 4.18. The number of amides is 1. The zero-order chi connectivity index (χ0) is 22.1. The van der Waals surface area contributed by atoms with Gasteiger partial charge in [-0.2, -0.15) is 9.61 Å². The van der Waals surface area contributed by atoms with Gasteiger partial charge < -0.3 is 10.2 Å². The summed E-state index contributed by atoms with van der Waals surface area (Å²) in [5.74, 6) is 0.958. The Morgan fingerprint density at radius 1 is 1.03 bits per heavy atom. The van der Waals surface area contributed by atoms with E-state index < -0.39 is 0 Å². The maximum Gasteiger partial charge on any atom is 0.259 e. The number of para-hydroxylation sites is 1. The van der Waals surface area contributed by atoms with Gasteiger partial charge >= 0.3 is 0 Å². The zero-order valence-corrected chi connectivity index (χ0v) is 19.6. The van der Waals surface area contributed by atoms with E-state index in [2.05, 4.69) is 55.6 Å². The van der Waals surface area contributed by atoms with Gasteiger partial charge in [-0.3, -0.25) is 4.79 Å². The molecule has 0 radical (unpaired) electrons. The third kappa shape index (κ3) is 3.98. The van der Waals surface area contributed by atoms with Gasteiger partial charge in [-0.25, -0.2) is 4.98 Å². The second-order valence-corrected chi connectivity index (χ2v) is 9.09. The average molecular weight is 511 g/mol. The molecule has 0 atom stereocenters. The Morgan fingerprint density at radius 3 is 2.50 bits per heavy atom. The monoisotopic (exact) mass is 509 g/mol. The molecule has 0 saturated carbocycles. The molecule has 0 unspecified atom stereocenters. The van der Waals surface area contributed by atoms with E-state index in [4.69, 9.17) is 11.6 Å². The first-order valence-corrected chi connectivity index (χ1v) is 11.7. The molecule has 162 valence electrons. The third-order valence-corrected chi connectivity index (χ3v) is 6.78. The number of likely N-dealkylation sites (tertiary alicyclic amines) is 1. The number of carbonyl (C=O) groups excluding carboxylic acids is 1. The van der Waals surface area contributed by atoms with E-state index in [0.717, 1.165) is 17.3 Å². The van der Waals surface area contributed by atoms with Crippen LogP contribution in [-0.4, -0.2) is 38.5 Å². The predicted molar refractivity (Wildman–Crippen MR) is 130 cm³/mol. The van der Waals surface area contributed by atoms with E-state index in [0.29, 0.717) is 46.7 Å². The maximum absolute atomic E-state index is 13.5. The van der Waals surface area contributed by atoms with Crippen molar-refractivity contribution in [3.05, 3.63) is 87.6 Å². The second-order valence-electron chi connectivity index (χ2n) is 7.83. The van der Waals surface area contributed by atoms with Crippen molar-refractivity contribution in [2.24, 2.45) is 0 Å². The molecule has 4 aromatic rings. The summed E-state index contributed by atoms with van der Waals surface area (Å²) < 4.78 is 2.39. The highest BCUT2D eigenvalue weighted by Gasteiger charge is 2.28. The number of anilines is 2. The minimum Gasteiger partial charge on any atom is -0.338 e. The van der Waals surface area contributed by atoms with E-state index in [1.807, 2.05) is 29.2 Å². The molecular formula is C24H21BrClN5O. The van der Waals surface area contributed by atoms with Gasteiger partial charge in [0.25, 0.3) is 5.91 Å². The van der Waals surface area contributed by atoms with Crippen LogP contribution in [0.4, 0.5) is 11.5 Å². The number of nitrogens with zero attached hydrogens (tertiary/aromatic N) is 4. The van der Waals surface area contributed by atoms with E-state index in [-0.39, 0.29) is 5.91 Å². The predicted octanol–water partition coefficient (Wildman–Crippen LogP) is 5.91. The van der Waals surface area contributed by atoms with Crippen molar-refractivity contribution in [2.45, 2.75) is 18.8 Å². The number of hydrogen-bond donors (Lipinski definition) is 1. The molecule has 6 nitrogen and oxygen atoms in total. The van der Waals surface area contributed by atoms with Gasteiger partial charge in [-0.05, 0) is 52.4 Å². The largest absolute Gasteiger partial charge is 0.338 e. The summed E-state index contributed by atoms with van der Waals surface area (Å²) in [6.45, 7) is 1.40. The SMILES string of the molecule is O=C(c1cnc2c(Br)cnn2c1Nc1ccccc1Cl)N1CCC(c2ccccc2)CC1. The molecule has 1 amide bonds. The van der Waals surface area contributed by atoms with Crippen LogP contribution in [0.1, 0.15) is 34.7 Å². The van der Waals surface area contributed by atoms with E-state index in [9.17, 15) is 4.79 Å². The summed E-state index contributed by atoms with van der Waals surface area (Å²) in [4.78, 5) is 19.9. The van der Waals surface area contributed by atoms with Crippen LogP contribution in [0.2, 0.25) is 5.02 Å². The molecule has 1 saturated heterocycles. The average Bonchev–Trinajstić information content (AvgIpc) is 3.22. The number of halogens is 2. The lowest BCUT2D eigenvalue weighted by molar-refractivity contribution is 0.0713. The Morgan fingerprint density at radius 2 is 1.75 bits per heavy atom. The standard InChI is InChI=1S/C24H21BrClN5O/c25-19-15-28-31-22(29-21-9-5-4-8-20(21)26)18(14-27-23(19)31)24(32)30-12-10-17(11-13-30)16-6-2-1-3-7-16/h1-9,14-15,17,29H,10-13H2. The molecular weight excluding hydrogens is 490 g/mol. The van der Waals surface area contributed by atoms with E-state index in [1.165, 1.54) is 5.56 Å². The molecule has 0 spiro atoms. The van der Waals surface area contributed by atoms with Crippen LogP contribution in [0, 0.1) is 0 Å². The number of fused-ring (bicyclic) bond motifs is 1. The number of rotatable bonds is 4. The van der Waals surface area contributed by atoms with Gasteiger partial charge in [0.05, 0.1) is 21.4 Å². The highest BCUT2D eigenvalue weighted by atomic mass is 79.9. The summed E-state index contributed by atoms with van der Waals surface area (Å²) in [5, 5.41) is 8.29. The molecule has 2 aromatic heterocycles. The number of aromatic nitrogens is 3. The number of piperidine rings is 1. The Labute approximate surface area is 199 Å². The molecule has 2 aromatic carbocycles. The Hall–Kier alpha value is -2.90. The lowest BCUT2D eigenvalue weighted by Crippen LogP contribution is -2.38. The van der Waals surface area contributed by atoms with Crippen LogP contribution in [0.3, 0.4) is 0 Å². The maximum atomic E-state index is 13.5. The number of nitrogens with one attached hydrogen (secondary N) is 1. The van der Waals surface area contributed by atoms with Crippen molar-refractivity contribution < 1.29 is 4.79 Å². The fraction of sp³-hybridized carbons (Fsp3) is 0.208. The molecule has 3 heterocycles. The number of hydrogen-bond acceptors (Lipinski definition) is 4. The Balaban J connectivity index is 1.45. The van der Waals surface area contributed by atoms with Crippen molar-refractivity contribution >= 4 is 50.6 Å². The van der Waals surface area contributed by atoms with Crippen molar-refractivity contribution in [3.63, 3.8) is 0 Å². The molecule has 1 N–H and O–H groups in total. The van der Waals surface area contributed by atoms with Gasteiger partial charge in [-0.1, -0.05) is 54.1 Å². The number of benzene rings is 2. The van der Waals surface area contributed by atoms with Gasteiger partial charge in [0, 0.05) is 19.3 Å². The lowest BCUT2D eigenvalue weighted by Gasteiger charge is -2.32. The summed E-state index contributed by atoms with van der Waals surface area (Å²) in [5.41, 5.74) is 3.13. The summed E-state index contributed by atoms with van der Waals surface area (Å²) >= 11 is 9.85. The first-order valence-electron chi connectivity index (χ1n) is 10.5. The van der Waals surface area contributed by atoms with Gasteiger partial charge in [0.15, 0.2) is 5.65 Å². The van der Waals surface area contributed by atoms with Crippen LogP contribution >= 0.6 is 27.5 Å². The van der Waals surface area contributed by atoms with Crippen molar-refractivity contribution in [1.29, 1.82) is 0 Å². The summed E-state index contributed by atoms with van der Waals surface area (Å²) in [7, 11) is 0. The summed E-state index contributed by atoms with van der Waals surface area (Å²) in [6.07, 6.45) is 5.16. The smallest absolute Gasteiger partial charge is 0.259 e. The highest BCUT2D eigenvalue weighted by Crippen LogP contribution is 2.32. The zero-order valence-electron chi connectivity index (χ0n) is 17.2. The minimum atomic E-state index is -0.0629. The molecule has 8 heteroatoms. The van der Waals surface area contributed by atoms with Gasteiger partial charge in [0.2, 0.25) is 0 Å². The van der Waals surface area contributed by atoms with Crippen LogP contribution < -0.4 is 5.32 Å². The van der Waals surface area contributed by atoms with Crippen LogP contribution in [0.25, 0.3) is 5.65 Å². The Bertz CT molecular complexity index is 1270. The molecule has 1 aliphatic rings. The van der Waals surface area contributed by atoms with E-state index in [1.54, 1.807) is 23.0 Å². The van der Waals surface area contributed by atoms with Crippen molar-refractivity contribution in [2.75, 3.05) is 18.4 Å². The molecule has 0 bridgehead atoms. The summed E-state index contributed by atoms with van der Waals surface area (Å²) in [6, 6.07) is 17.9. The van der Waals surface area contributed by atoms with Crippen LogP contribution in [0.5, 0.6) is 0 Å². The molecule has 1 fully saturated rings. The topological polar surface area (TPSA) is 62.5 Å². The second kappa shape index (κ2) is 8.92. The molecule has 0 aliphatic carbocycles. The van der Waals surface area contributed by atoms with Gasteiger partial charge in [0.1, 0.15) is 11.4 Å². The minimum absolute atomic E-state index is 0.0629. The molecule has 5 rings (SSSR count). The quantitative estimate of drug-likeness (QED) is 0.371. The fourth-order valence-corrected chi connectivity index (χ4v) is 4.73. The first-order chi connectivity index (χ1) is 15.6. The normalized spacial score (nSPS) is 14.6. The van der Waals surface area contributed by atoms with Crippen molar-refractivity contribution in [1.82, 2.24) is 19.5 Å². The van der Waals surface area contributed by atoms with Crippen LogP contribution in [-0.2, 0) is 0 Å². The van der Waals surface area contributed by atoms with Gasteiger partial charge in [-0.15, -0.1) is 0 Å². The third-order valence-electron chi connectivity index (χ3n) is 5.89. The Kier molecular flexibility index (Phi) is 5.85. The highest BCUT2D eigenvalue weighted by molar-refractivity contribution is 9.10. The van der Waals surface area contributed by atoms with Crippen molar-refractivity contribution in [3.8, 4) is 0 Å². The van der Waals surface area contributed by atoms with E-state index >= 15 is 0 Å². The molecule has 1 aliphatic heterocycles. The number of carbonyl (C=O) groups is 1. The molecule has 32 heavy (non-hydrogen) atoms. The lowest BCUT2D eigenvalue weighted by atomic mass is 9.89.